The molecule has 0 atom stereocenters. The Hall–Kier alpha value is -4.51. The molecule has 0 unspecified atom stereocenters. The van der Waals surface area contributed by atoms with Crippen molar-refractivity contribution >= 4 is 50.6 Å². The third-order valence-electron chi connectivity index (χ3n) is 6.41. The topological polar surface area (TPSA) is 118 Å². The summed E-state index contributed by atoms with van der Waals surface area (Å²) in [7, 11) is 0. The molecule has 4 aromatic rings. The lowest BCUT2D eigenvalue weighted by Crippen LogP contribution is -2.50. The standard InChI is InChI=1S/C29H29N5O5S/c1-29(2,3)39-28(36)33-13-11-32(12-14-33)22-10-9-20-15-21(18-30-23(20)16-22)26(35)31-24-17-25(40-27(24)34(37)38)19-7-5-4-6-8-19/h4-10,15-18H,11-14H2,1-3H3,(H,31,35). The van der Waals surface area contributed by atoms with Gasteiger partial charge in [0.05, 0.1) is 16.0 Å². The fourth-order valence-corrected chi connectivity index (χ4v) is 5.38. The van der Waals surface area contributed by atoms with Crippen molar-refractivity contribution in [1.82, 2.24) is 9.88 Å². The first-order valence-corrected chi connectivity index (χ1v) is 13.7. The van der Waals surface area contributed by atoms with Gasteiger partial charge in [-0.15, -0.1) is 0 Å². The van der Waals surface area contributed by atoms with Crippen LogP contribution in [-0.4, -0.2) is 58.6 Å². The number of pyridine rings is 1. The van der Waals surface area contributed by atoms with Crippen molar-refractivity contribution in [3.63, 3.8) is 0 Å². The molecule has 0 bridgehead atoms. The van der Waals surface area contributed by atoms with E-state index in [1.54, 1.807) is 17.0 Å². The predicted octanol–water partition coefficient (Wildman–Crippen LogP) is 6.18. The summed E-state index contributed by atoms with van der Waals surface area (Å²) in [4.78, 5) is 45.7. The molecular formula is C29H29N5O5S. The van der Waals surface area contributed by atoms with Crippen molar-refractivity contribution in [3.8, 4) is 10.4 Å². The molecule has 5 rings (SSSR count). The quantitative estimate of drug-likeness (QED) is 0.229. The Kier molecular flexibility index (Phi) is 7.40. The van der Waals surface area contributed by atoms with Gasteiger partial charge in [0.25, 0.3) is 5.91 Å². The number of fused-ring (bicyclic) bond motifs is 1. The number of carbonyl (C=O) groups is 2. The first-order chi connectivity index (χ1) is 19.1. The number of aromatic nitrogens is 1. The molecule has 206 valence electrons. The molecule has 1 N–H and O–H groups in total. The highest BCUT2D eigenvalue weighted by Crippen LogP contribution is 2.40. The lowest BCUT2D eigenvalue weighted by molar-refractivity contribution is -0.379. The van der Waals surface area contributed by atoms with Gasteiger partial charge in [0, 0.05) is 48.3 Å². The number of piperazine rings is 1. The maximum absolute atomic E-state index is 13.0. The molecule has 2 aromatic heterocycles. The summed E-state index contributed by atoms with van der Waals surface area (Å²) in [6.45, 7) is 8.00. The summed E-state index contributed by atoms with van der Waals surface area (Å²) in [6, 6.07) is 18.5. The van der Waals surface area contributed by atoms with Crippen LogP contribution in [0.25, 0.3) is 21.3 Å². The monoisotopic (exact) mass is 559 g/mol. The van der Waals surface area contributed by atoms with Gasteiger partial charge in [-0.25, -0.2) is 4.79 Å². The Balaban J connectivity index is 1.28. The molecule has 40 heavy (non-hydrogen) atoms. The van der Waals surface area contributed by atoms with Gasteiger partial charge in [0.15, 0.2) is 0 Å². The number of nitrogens with zero attached hydrogens (tertiary/aromatic N) is 4. The number of hydrogen-bond acceptors (Lipinski definition) is 8. The molecule has 10 nitrogen and oxygen atoms in total. The lowest BCUT2D eigenvalue weighted by Gasteiger charge is -2.36. The first-order valence-electron chi connectivity index (χ1n) is 12.8. The van der Waals surface area contributed by atoms with Gasteiger partial charge in [-0.2, -0.15) is 0 Å². The molecule has 1 fully saturated rings. The van der Waals surface area contributed by atoms with Crippen LogP contribution in [-0.2, 0) is 4.74 Å². The number of benzene rings is 2. The minimum Gasteiger partial charge on any atom is -0.444 e. The van der Waals surface area contributed by atoms with E-state index in [9.17, 15) is 19.7 Å². The molecule has 1 aliphatic rings. The second-order valence-electron chi connectivity index (χ2n) is 10.5. The van der Waals surface area contributed by atoms with Gasteiger partial charge >= 0.3 is 11.1 Å². The van der Waals surface area contributed by atoms with Crippen LogP contribution in [0.1, 0.15) is 31.1 Å². The number of nitrogens with one attached hydrogen (secondary N) is 1. The van der Waals surface area contributed by atoms with Crippen LogP contribution >= 0.6 is 11.3 Å². The average Bonchev–Trinajstić information content (AvgIpc) is 3.36. The van der Waals surface area contributed by atoms with E-state index in [1.807, 2.05) is 69.3 Å². The van der Waals surface area contributed by atoms with Crippen LogP contribution in [0.15, 0.2) is 66.9 Å². The Labute approximate surface area is 235 Å². The van der Waals surface area contributed by atoms with Gasteiger partial charge in [-0.3, -0.25) is 19.9 Å². The van der Waals surface area contributed by atoms with Crippen LogP contribution in [0.2, 0.25) is 0 Å². The van der Waals surface area contributed by atoms with Gasteiger partial charge in [0.1, 0.15) is 11.3 Å². The molecule has 1 saturated heterocycles. The van der Waals surface area contributed by atoms with Crippen molar-refractivity contribution in [1.29, 1.82) is 0 Å². The number of thiophene rings is 1. The zero-order valence-electron chi connectivity index (χ0n) is 22.4. The van der Waals surface area contributed by atoms with Crippen LogP contribution in [0, 0.1) is 10.1 Å². The number of ether oxygens (including phenoxy) is 1. The van der Waals surface area contributed by atoms with Crippen molar-refractivity contribution in [2.24, 2.45) is 0 Å². The summed E-state index contributed by atoms with van der Waals surface area (Å²) in [5, 5.41) is 15.0. The summed E-state index contributed by atoms with van der Waals surface area (Å²) in [5.74, 6) is -0.475. The van der Waals surface area contributed by atoms with E-state index < -0.39 is 16.4 Å². The minimum atomic E-state index is -0.530. The maximum atomic E-state index is 13.0. The third kappa shape index (κ3) is 6.04. The number of nitro groups is 1. The molecule has 0 radical (unpaired) electrons. The van der Waals surface area contributed by atoms with Crippen molar-refractivity contribution in [2.75, 3.05) is 36.4 Å². The SMILES string of the molecule is CC(C)(C)OC(=O)N1CCN(c2ccc3cc(C(=O)Nc4cc(-c5ccccc5)sc4[N+](=O)[O-])cnc3c2)CC1. The van der Waals surface area contributed by atoms with Crippen LogP contribution in [0.4, 0.5) is 21.2 Å². The van der Waals surface area contributed by atoms with E-state index in [-0.39, 0.29) is 16.8 Å². The smallest absolute Gasteiger partial charge is 0.410 e. The minimum absolute atomic E-state index is 0.127. The second-order valence-corrected chi connectivity index (χ2v) is 11.5. The summed E-state index contributed by atoms with van der Waals surface area (Å²) in [6.07, 6.45) is 1.17. The van der Waals surface area contributed by atoms with Gasteiger partial charge in [-0.05, 0) is 50.6 Å². The van der Waals surface area contributed by atoms with Crippen molar-refractivity contribution in [2.45, 2.75) is 26.4 Å². The number of amides is 2. The maximum Gasteiger partial charge on any atom is 0.410 e. The van der Waals surface area contributed by atoms with Gasteiger partial charge in [-0.1, -0.05) is 47.7 Å². The Morgan fingerprint density at radius 2 is 1.75 bits per heavy atom. The Morgan fingerprint density at radius 3 is 2.42 bits per heavy atom. The number of rotatable bonds is 5. The summed E-state index contributed by atoms with van der Waals surface area (Å²) < 4.78 is 5.48. The van der Waals surface area contributed by atoms with E-state index in [1.165, 1.54) is 6.20 Å². The zero-order chi connectivity index (χ0) is 28.4. The second kappa shape index (κ2) is 10.9. The van der Waals surface area contributed by atoms with E-state index in [2.05, 4.69) is 15.2 Å². The van der Waals surface area contributed by atoms with Crippen LogP contribution < -0.4 is 10.2 Å². The van der Waals surface area contributed by atoms with E-state index in [0.29, 0.717) is 36.6 Å². The average molecular weight is 560 g/mol. The van der Waals surface area contributed by atoms with Crippen molar-refractivity contribution < 1.29 is 19.2 Å². The Bertz CT molecular complexity index is 1570. The first kappa shape index (κ1) is 27.1. The molecule has 0 aliphatic carbocycles. The summed E-state index contributed by atoms with van der Waals surface area (Å²) >= 11 is 1.02. The lowest BCUT2D eigenvalue weighted by atomic mass is 10.1. The number of carbonyl (C=O) groups excluding carboxylic acids is 2. The van der Waals surface area contributed by atoms with Gasteiger partial charge < -0.3 is 19.9 Å². The fourth-order valence-electron chi connectivity index (χ4n) is 4.45. The molecule has 0 saturated carbocycles. The third-order valence-corrected chi connectivity index (χ3v) is 7.55. The largest absolute Gasteiger partial charge is 0.444 e. The molecule has 11 heteroatoms. The molecular weight excluding hydrogens is 530 g/mol. The van der Waals surface area contributed by atoms with Crippen molar-refractivity contribution in [3.05, 3.63) is 82.5 Å². The van der Waals surface area contributed by atoms with E-state index in [0.717, 1.165) is 33.5 Å². The normalized spacial score (nSPS) is 13.8. The van der Waals surface area contributed by atoms with E-state index >= 15 is 0 Å². The summed E-state index contributed by atoms with van der Waals surface area (Å²) in [5.41, 5.74) is 2.45. The number of hydrogen-bond donors (Lipinski definition) is 1. The highest BCUT2D eigenvalue weighted by atomic mass is 32.1. The molecule has 1 aliphatic heterocycles. The van der Waals surface area contributed by atoms with Crippen LogP contribution in [0.3, 0.4) is 0 Å². The Morgan fingerprint density at radius 1 is 1.02 bits per heavy atom. The highest BCUT2D eigenvalue weighted by molar-refractivity contribution is 7.19. The van der Waals surface area contributed by atoms with Gasteiger partial charge in [0.2, 0.25) is 0 Å². The molecule has 0 spiro atoms. The molecule has 3 heterocycles. The molecule has 2 amide bonds. The number of anilines is 2. The molecule has 2 aromatic carbocycles. The fraction of sp³-hybridized carbons (Fsp3) is 0.276. The highest BCUT2D eigenvalue weighted by Gasteiger charge is 2.26. The predicted molar refractivity (Wildman–Crippen MR) is 156 cm³/mol. The van der Waals surface area contributed by atoms with Crippen LogP contribution in [0.5, 0.6) is 0 Å². The van der Waals surface area contributed by atoms with E-state index in [4.69, 9.17) is 4.74 Å². The zero-order valence-corrected chi connectivity index (χ0v) is 23.2.